The van der Waals surface area contributed by atoms with Crippen molar-refractivity contribution in [1.29, 1.82) is 0 Å². The van der Waals surface area contributed by atoms with Crippen LogP contribution in [0.4, 0.5) is 0 Å². The third kappa shape index (κ3) is 2.40. The molecular formula is C18H19N5O. The number of nitrogens with zero attached hydrogens (tertiary/aromatic N) is 4. The molecule has 0 unspecified atom stereocenters. The van der Waals surface area contributed by atoms with Crippen molar-refractivity contribution >= 4 is 21.9 Å². The molecule has 0 aliphatic carbocycles. The average molecular weight is 321 g/mol. The van der Waals surface area contributed by atoms with Crippen LogP contribution in [0.5, 0.6) is 5.75 Å². The molecule has 0 spiro atoms. The van der Waals surface area contributed by atoms with Crippen LogP contribution in [0, 0.1) is 0 Å². The molecule has 1 N–H and O–H groups in total. The van der Waals surface area contributed by atoms with Crippen molar-refractivity contribution in [2.24, 2.45) is 7.05 Å². The first kappa shape index (κ1) is 14.7. The first-order chi connectivity index (χ1) is 11.7. The summed E-state index contributed by atoms with van der Waals surface area (Å²) < 4.78 is 7.87. The molecule has 1 atom stereocenters. The van der Waals surface area contributed by atoms with Gasteiger partial charge in [0.25, 0.3) is 0 Å². The van der Waals surface area contributed by atoms with E-state index < -0.39 is 0 Å². The van der Waals surface area contributed by atoms with Gasteiger partial charge in [-0.2, -0.15) is 5.10 Å². The Hall–Kier alpha value is -2.89. The first-order valence-corrected chi connectivity index (χ1v) is 8.08. The van der Waals surface area contributed by atoms with Crippen molar-refractivity contribution in [2.75, 3.05) is 0 Å². The maximum absolute atomic E-state index is 6.10. The Labute approximate surface area is 139 Å². The molecule has 0 saturated carbocycles. The molecule has 0 saturated heterocycles. The molecule has 0 aliphatic rings. The van der Waals surface area contributed by atoms with E-state index in [0.29, 0.717) is 0 Å². The number of aromatic nitrogens is 5. The number of pyridine rings is 2. The van der Waals surface area contributed by atoms with Crippen LogP contribution in [0.25, 0.3) is 33.2 Å². The van der Waals surface area contributed by atoms with Crippen LogP contribution < -0.4 is 4.74 Å². The van der Waals surface area contributed by atoms with Gasteiger partial charge in [0, 0.05) is 30.4 Å². The number of aromatic amines is 1. The fraction of sp³-hybridized carbons (Fsp3) is 0.278. The Kier molecular flexibility index (Phi) is 3.45. The standard InChI is InChI=1S/C18H19N5O/c1-4-11(2)24-16-5-6-19-18-17(16)13-7-14(20-9-15(13)22-18)12-8-21-23(3)10-12/h5-11H,4H2,1-3H3,(H,19,22)/t11-/m0/s1. The van der Waals surface area contributed by atoms with E-state index >= 15 is 0 Å². The van der Waals surface area contributed by atoms with E-state index in [1.807, 2.05) is 31.7 Å². The molecule has 122 valence electrons. The van der Waals surface area contributed by atoms with Gasteiger partial charge in [-0.3, -0.25) is 9.67 Å². The molecule has 0 radical (unpaired) electrons. The monoisotopic (exact) mass is 321 g/mol. The third-order valence-electron chi connectivity index (χ3n) is 4.24. The van der Waals surface area contributed by atoms with Crippen molar-refractivity contribution in [3.05, 3.63) is 36.9 Å². The molecule has 4 aromatic heterocycles. The van der Waals surface area contributed by atoms with Gasteiger partial charge in [0.2, 0.25) is 0 Å². The van der Waals surface area contributed by atoms with Crippen molar-refractivity contribution < 1.29 is 4.74 Å². The number of H-pyrrole nitrogens is 1. The van der Waals surface area contributed by atoms with E-state index in [-0.39, 0.29) is 6.10 Å². The molecule has 4 aromatic rings. The van der Waals surface area contributed by atoms with Gasteiger partial charge >= 0.3 is 0 Å². The summed E-state index contributed by atoms with van der Waals surface area (Å²) in [6, 6.07) is 3.99. The predicted molar refractivity (Wildman–Crippen MR) is 94.0 cm³/mol. The van der Waals surface area contributed by atoms with Crippen molar-refractivity contribution in [3.8, 4) is 17.0 Å². The lowest BCUT2D eigenvalue weighted by molar-refractivity contribution is 0.220. The Morgan fingerprint density at radius 2 is 2.17 bits per heavy atom. The lowest BCUT2D eigenvalue weighted by Crippen LogP contribution is -2.09. The summed E-state index contributed by atoms with van der Waals surface area (Å²) in [6.07, 6.45) is 8.49. The minimum absolute atomic E-state index is 0.153. The summed E-state index contributed by atoms with van der Waals surface area (Å²) in [4.78, 5) is 12.3. The summed E-state index contributed by atoms with van der Waals surface area (Å²) in [7, 11) is 1.90. The second-order valence-corrected chi connectivity index (χ2v) is 6.01. The SMILES string of the molecule is CC[C@H](C)Oc1ccnc2[nH]c3cnc(-c4cnn(C)c4)cc3c12. The highest BCUT2D eigenvalue weighted by molar-refractivity contribution is 6.09. The van der Waals surface area contributed by atoms with Gasteiger partial charge in [-0.25, -0.2) is 4.98 Å². The molecule has 0 amide bonds. The van der Waals surface area contributed by atoms with E-state index in [1.54, 1.807) is 10.9 Å². The lowest BCUT2D eigenvalue weighted by atomic mass is 10.1. The van der Waals surface area contributed by atoms with Crippen LogP contribution >= 0.6 is 0 Å². The van der Waals surface area contributed by atoms with E-state index in [1.165, 1.54) is 0 Å². The summed E-state index contributed by atoms with van der Waals surface area (Å²) in [6.45, 7) is 4.19. The fourth-order valence-corrected chi connectivity index (χ4v) is 2.80. The molecule has 4 heterocycles. The molecule has 4 rings (SSSR count). The third-order valence-corrected chi connectivity index (χ3v) is 4.24. The zero-order valence-corrected chi connectivity index (χ0v) is 13.9. The number of hydrogen-bond donors (Lipinski definition) is 1. The highest BCUT2D eigenvalue weighted by atomic mass is 16.5. The largest absolute Gasteiger partial charge is 0.490 e. The Balaban J connectivity index is 1.92. The number of ether oxygens (including phenoxy) is 1. The second-order valence-electron chi connectivity index (χ2n) is 6.01. The summed E-state index contributed by atoms with van der Waals surface area (Å²) in [5.74, 6) is 0.851. The lowest BCUT2D eigenvalue weighted by Gasteiger charge is -2.13. The van der Waals surface area contributed by atoms with Crippen molar-refractivity contribution in [2.45, 2.75) is 26.4 Å². The topological polar surface area (TPSA) is 68.6 Å². The highest BCUT2D eigenvalue weighted by Crippen LogP contribution is 2.34. The zero-order valence-electron chi connectivity index (χ0n) is 13.9. The van der Waals surface area contributed by atoms with Crippen LogP contribution in [0.1, 0.15) is 20.3 Å². The maximum atomic E-state index is 6.10. The molecule has 6 nitrogen and oxygen atoms in total. The normalized spacial score (nSPS) is 12.8. The minimum atomic E-state index is 0.153. The maximum Gasteiger partial charge on any atom is 0.142 e. The van der Waals surface area contributed by atoms with Gasteiger partial charge in [0.05, 0.1) is 35.1 Å². The van der Waals surface area contributed by atoms with E-state index in [4.69, 9.17) is 4.74 Å². The van der Waals surface area contributed by atoms with E-state index in [0.717, 1.165) is 45.4 Å². The molecule has 0 bridgehead atoms. The van der Waals surface area contributed by atoms with Gasteiger partial charge in [0.15, 0.2) is 0 Å². The summed E-state index contributed by atoms with van der Waals surface area (Å²) >= 11 is 0. The average Bonchev–Trinajstić information content (AvgIpc) is 3.18. The number of aryl methyl sites for hydroxylation is 1. The van der Waals surface area contributed by atoms with Gasteiger partial charge in [0.1, 0.15) is 11.4 Å². The van der Waals surface area contributed by atoms with Crippen LogP contribution in [-0.4, -0.2) is 30.8 Å². The molecule has 6 heteroatoms. The van der Waals surface area contributed by atoms with Gasteiger partial charge in [-0.15, -0.1) is 0 Å². The predicted octanol–water partition coefficient (Wildman–Crippen LogP) is 3.69. The molecular weight excluding hydrogens is 302 g/mol. The zero-order chi connectivity index (χ0) is 16.7. The number of rotatable bonds is 4. The molecule has 24 heavy (non-hydrogen) atoms. The summed E-state index contributed by atoms with van der Waals surface area (Å²) in [5, 5.41) is 6.28. The molecule has 0 aliphatic heterocycles. The number of hydrogen-bond acceptors (Lipinski definition) is 4. The number of nitrogens with one attached hydrogen (secondary N) is 1. The summed E-state index contributed by atoms with van der Waals surface area (Å²) in [5.41, 5.74) is 3.64. The first-order valence-electron chi connectivity index (χ1n) is 8.08. The van der Waals surface area contributed by atoms with Crippen LogP contribution in [0.2, 0.25) is 0 Å². The van der Waals surface area contributed by atoms with Gasteiger partial charge in [-0.05, 0) is 25.5 Å². The number of fused-ring (bicyclic) bond motifs is 3. The quantitative estimate of drug-likeness (QED) is 0.622. The van der Waals surface area contributed by atoms with Gasteiger partial charge in [-0.1, -0.05) is 6.92 Å². The Morgan fingerprint density at radius 1 is 1.29 bits per heavy atom. The van der Waals surface area contributed by atoms with Gasteiger partial charge < -0.3 is 9.72 Å². The molecule has 0 aromatic carbocycles. The van der Waals surface area contributed by atoms with Crippen LogP contribution in [0.15, 0.2) is 36.9 Å². The molecule has 0 fully saturated rings. The Morgan fingerprint density at radius 3 is 2.92 bits per heavy atom. The van der Waals surface area contributed by atoms with E-state index in [9.17, 15) is 0 Å². The van der Waals surface area contributed by atoms with Crippen molar-refractivity contribution in [3.63, 3.8) is 0 Å². The van der Waals surface area contributed by atoms with Crippen molar-refractivity contribution in [1.82, 2.24) is 24.7 Å². The fourth-order valence-electron chi connectivity index (χ4n) is 2.80. The highest BCUT2D eigenvalue weighted by Gasteiger charge is 2.14. The minimum Gasteiger partial charge on any atom is -0.490 e. The van der Waals surface area contributed by atoms with E-state index in [2.05, 4.69) is 40.0 Å². The van der Waals surface area contributed by atoms with Crippen LogP contribution in [-0.2, 0) is 7.05 Å². The Bertz CT molecular complexity index is 1020. The smallest absolute Gasteiger partial charge is 0.142 e. The van der Waals surface area contributed by atoms with Crippen LogP contribution in [0.3, 0.4) is 0 Å². The second kappa shape index (κ2) is 5.63.